The Labute approximate surface area is 169 Å². The van der Waals surface area contributed by atoms with Crippen LogP contribution in [0.15, 0.2) is 58.5 Å². The third-order valence-corrected chi connectivity index (χ3v) is 5.70. The second-order valence-corrected chi connectivity index (χ2v) is 7.92. The van der Waals surface area contributed by atoms with Gasteiger partial charge in [0.2, 0.25) is 0 Å². The zero-order valence-corrected chi connectivity index (χ0v) is 16.6. The highest BCUT2D eigenvalue weighted by molar-refractivity contribution is 7.99. The van der Waals surface area contributed by atoms with Gasteiger partial charge in [0.15, 0.2) is 5.16 Å². The van der Waals surface area contributed by atoms with Crippen molar-refractivity contribution in [1.82, 2.24) is 20.1 Å². The molecule has 140 valence electrons. The van der Waals surface area contributed by atoms with Crippen molar-refractivity contribution in [2.45, 2.75) is 11.6 Å². The van der Waals surface area contributed by atoms with Crippen LogP contribution in [0, 0.1) is 5.82 Å². The second kappa shape index (κ2) is 9.16. The lowest BCUT2D eigenvalue weighted by atomic mass is 10.3. The zero-order valence-electron chi connectivity index (χ0n) is 14.2. The van der Waals surface area contributed by atoms with Crippen LogP contribution < -0.4 is 5.32 Å². The van der Waals surface area contributed by atoms with Crippen molar-refractivity contribution >= 4 is 40.6 Å². The highest BCUT2D eigenvalue weighted by Crippen LogP contribution is 2.24. The van der Waals surface area contributed by atoms with Crippen LogP contribution in [-0.4, -0.2) is 33.0 Å². The maximum Gasteiger partial charge on any atom is 0.261 e. The van der Waals surface area contributed by atoms with Crippen molar-refractivity contribution in [1.29, 1.82) is 0 Å². The smallest absolute Gasteiger partial charge is 0.261 e. The van der Waals surface area contributed by atoms with E-state index >= 15 is 0 Å². The molecule has 0 saturated carbocycles. The lowest BCUT2D eigenvalue weighted by Gasteiger charge is -2.10. The van der Waals surface area contributed by atoms with Crippen LogP contribution in [0.3, 0.4) is 0 Å². The molecule has 1 amide bonds. The van der Waals surface area contributed by atoms with Gasteiger partial charge in [0, 0.05) is 29.4 Å². The predicted molar refractivity (Wildman–Crippen MR) is 107 cm³/mol. The number of thiophene rings is 1. The summed E-state index contributed by atoms with van der Waals surface area (Å²) in [4.78, 5) is 12.7. The van der Waals surface area contributed by atoms with Gasteiger partial charge in [-0.2, -0.15) is 0 Å². The van der Waals surface area contributed by atoms with Gasteiger partial charge in [0.1, 0.15) is 11.6 Å². The van der Waals surface area contributed by atoms with E-state index in [-0.39, 0.29) is 11.7 Å². The van der Waals surface area contributed by atoms with Crippen molar-refractivity contribution in [2.75, 3.05) is 12.3 Å². The number of benzene rings is 1. The van der Waals surface area contributed by atoms with E-state index in [1.54, 1.807) is 18.2 Å². The standard InChI is InChI=1S/C18H16ClFN4OS2/c1-12(19)11-27-18-23-22-16(24(18)14-6-4-13(20)5-7-14)8-9-21-17(25)15-3-2-10-26-15/h2-7,10H,1,8-9,11H2,(H,21,25). The maximum atomic E-state index is 13.3. The molecule has 0 unspecified atom stereocenters. The molecule has 27 heavy (non-hydrogen) atoms. The summed E-state index contributed by atoms with van der Waals surface area (Å²) in [7, 11) is 0. The normalized spacial score (nSPS) is 10.7. The molecule has 0 fully saturated rings. The minimum Gasteiger partial charge on any atom is -0.351 e. The van der Waals surface area contributed by atoms with Gasteiger partial charge in [0.25, 0.3) is 5.91 Å². The summed E-state index contributed by atoms with van der Waals surface area (Å²) in [5.74, 6) is 0.706. The summed E-state index contributed by atoms with van der Waals surface area (Å²) in [5.41, 5.74) is 0.740. The van der Waals surface area contributed by atoms with Crippen LogP contribution in [0.25, 0.3) is 5.69 Å². The highest BCUT2D eigenvalue weighted by atomic mass is 35.5. The van der Waals surface area contributed by atoms with E-state index in [9.17, 15) is 9.18 Å². The summed E-state index contributed by atoms with van der Waals surface area (Å²) < 4.78 is 15.1. The summed E-state index contributed by atoms with van der Waals surface area (Å²) in [6.45, 7) is 4.08. The van der Waals surface area contributed by atoms with Crippen LogP contribution in [-0.2, 0) is 6.42 Å². The Morgan fingerprint density at radius 1 is 1.30 bits per heavy atom. The van der Waals surface area contributed by atoms with Crippen molar-refractivity contribution < 1.29 is 9.18 Å². The van der Waals surface area contributed by atoms with Crippen molar-refractivity contribution in [3.8, 4) is 5.69 Å². The number of hydrogen-bond acceptors (Lipinski definition) is 5. The van der Waals surface area contributed by atoms with Gasteiger partial charge in [-0.15, -0.1) is 21.5 Å². The topological polar surface area (TPSA) is 59.8 Å². The molecule has 0 aliphatic carbocycles. The first-order valence-corrected chi connectivity index (χ1v) is 10.3. The fourth-order valence-corrected chi connectivity index (χ4v) is 3.86. The summed E-state index contributed by atoms with van der Waals surface area (Å²) >= 11 is 8.63. The lowest BCUT2D eigenvalue weighted by molar-refractivity contribution is 0.0958. The number of halogens is 2. The molecule has 3 rings (SSSR count). The molecular formula is C18H16ClFN4OS2. The van der Waals surface area contributed by atoms with E-state index in [0.29, 0.717) is 39.6 Å². The molecule has 9 heteroatoms. The molecule has 0 aliphatic rings. The van der Waals surface area contributed by atoms with Gasteiger partial charge in [0.05, 0.1) is 4.88 Å². The van der Waals surface area contributed by atoms with E-state index in [1.165, 1.54) is 35.2 Å². The van der Waals surface area contributed by atoms with Gasteiger partial charge in [-0.25, -0.2) is 4.39 Å². The van der Waals surface area contributed by atoms with E-state index in [2.05, 4.69) is 22.1 Å². The second-order valence-electron chi connectivity index (χ2n) is 5.50. The number of rotatable bonds is 8. The molecule has 0 aliphatic heterocycles. The van der Waals surface area contributed by atoms with Gasteiger partial charge in [-0.05, 0) is 35.7 Å². The van der Waals surface area contributed by atoms with Gasteiger partial charge >= 0.3 is 0 Å². The van der Waals surface area contributed by atoms with Crippen LogP contribution in [0.2, 0.25) is 0 Å². The number of amides is 1. The molecule has 0 bridgehead atoms. The Kier molecular flexibility index (Phi) is 6.65. The summed E-state index contributed by atoms with van der Waals surface area (Å²) in [5, 5.41) is 14.3. The number of carbonyl (C=O) groups is 1. The minimum absolute atomic E-state index is 0.120. The fourth-order valence-electron chi connectivity index (χ4n) is 2.33. The van der Waals surface area contributed by atoms with Crippen molar-refractivity contribution in [3.05, 3.63) is 69.9 Å². The van der Waals surface area contributed by atoms with Crippen LogP contribution in [0.1, 0.15) is 15.5 Å². The Hall–Kier alpha value is -2.16. The Morgan fingerprint density at radius 3 is 2.74 bits per heavy atom. The van der Waals surface area contributed by atoms with Gasteiger partial charge in [-0.1, -0.05) is 36.0 Å². The van der Waals surface area contributed by atoms with Gasteiger partial charge < -0.3 is 5.32 Å². The average Bonchev–Trinajstić information content (AvgIpc) is 3.31. The van der Waals surface area contributed by atoms with Crippen molar-refractivity contribution in [2.24, 2.45) is 0 Å². The maximum absolute atomic E-state index is 13.3. The van der Waals surface area contributed by atoms with E-state index in [1.807, 2.05) is 16.0 Å². The predicted octanol–water partition coefficient (Wildman–Crippen LogP) is 4.29. The number of thioether (sulfide) groups is 1. The molecule has 2 aromatic heterocycles. The lowest BCUT2D eigenvalue weighted by Crippen LogP contribution is -2.25. The molecule has 0 spiro atoms. The Balaban J connectivity index is 1.76. The first-order valence-electron chi connectivity index (χ1n) is 8.02. The molecule has 3 aromatic rings. The Bertz CT molecular complexity index is 926. The third-order valence-electron chi connectivity index (χ3n) is 3.52. The zero-order chi connectivity index (χ0) is 19.2. The van der Waals surface area contributed by atoms with E-state index in [0.717, 1.165) is 5.69 Å². The number of nitrogens with zero attached hydrogens (tertiary/aromatic N) is 3. The van der Waals surface area contributed by atoms with Crippen LogP contribution >= 0.6 is 34.7 Å². The van der Waals surface area contributed by atoms with Crippen LogP contribution in [0.4, 0.5) is 4.39 Å². The molecular weight excluding hydrogens is 407 g/mol. The number of carbonyl (C=O) groups excluding carboxylic acids is 1. The largest absolute Gasteiger partial charge is 0.351 e. The Morgan fingerprint density at radius 2 is 2.07 bits per heavy atom. The average molecular weight is 423 g/mol. The molecule has 0 atom stereocenters. The fraction of sp³-hybridized carbons (Fsp3) is 0.167. The number of nitrogens with one attached hydrogen (secondary N) is 1. The number of aromatic nitrogens is 3. The van der Waals surface area contributed by atoms with E-state index in [4.69, 9.17) is 11.6 Å². The molecule has 1 N–H and O–H groups in total. The van der Waals surface area contributed by atoms with Crippen molar-refractivity contribution in [3.63, 3.8) is 0 Å². The van der Waals surface area contributed by atoms with Crippen LogP contribution in [0.5, 0.6) is 0 Å². The molecule has 5 nitrogen and oxygen atoms in total. The molecule has 0 saturated heterocycles. The summed E-state index contributed by atoms with van der Waals surface area (Å²) in [6, 6.07) is 9.69. The van der Waals surface area contributed by atoms with Gasteiger partial charge in [-0.3, -0.25) is 9.36 Å². The SMILES string of the molecule is C=C(Cl)CSc1nnc(CCNC(=O)c2cccs2)n1-c1ccc(F)cc1. The molecule has 2 heterocycles. The molecule has 1 aromatic carbocycles. The summed E-state index contributed by atoms with van der Waals surface area (Å²) in [6.07, 6.45) is 0.476. The monoisotopic (exact) mass is 422 g/mol. The first-order chi connectivity index (χ1) is 13.0. The third kappa shape index (κ3) is 5.18. The highest BCUT2D eigenvalue weighted by Gasteiger charge is 2.15. The minimum atomic E-state index is -0.320. The quantitative estimate of drug-likeness (QED) is 0.550. The van der Waals surface area contributed by atoms with E-state index < -0.39 is 0 Å². The number of hydrogen-bond donors (Lipinski definition) is 1. The molecule has 0 radical (unpaired) electrons. The first kappa shape index (κ1) is 19.6.